The molecule has 26 heavy (non-hydrogen) atoms. The van der Waals surface area contributed by atoms with Gasteiger partial charge < -0.3 is 4.74 Å². The minimum absolute atomic E-state index is 0.135. The van der Waals surface area contributed by atoms with Gasteiger partial charge in [0.15, 0.2) is 0 Å². The van der Waals surface area contributed by atoms with E-state index in [1.54, 1.807) is 6.92 Å². The molecule has 0 saturated heterocycles. The Kier molecular flexibility index (Phi) is 7.42. The highest BCUT2D eigenvalue weighted by Crippen LogP contribution is 2.56. The Morgan fingerprint density at radius 2 is 1.12 bits per heavy atom. The Bertz CT molecular complexity index is 423. The van der Waals surface area contributed by atoms with Crippen LogP contribution in [0, 0.1) is 0 Å². The summed E-state index contributed by atoms with van der Waals surface area (Å²) >= 11 is 0. The van der Waals surface area contributed by atoms with Gasteiger partial charge in [0.2, 0.25) is 0 Å². The van der Waals surface area contributed by atoms with Crippen molar-refractivity contribution in [3.63, 3.8) is 0 Å². The van der Waals surface area contributed by atoms with E-state index in [0.29, 0.717) is 5.57 Å². The predicted octanol–water partition coefficient (Wildman–Crippen LogP) is 7.10. The Balaban J connectivity index is 1.90. The van der Waals surface area contributed by atoms with Gasteiger partial charge >= 0.3 is 5.97 Å². The maximum Gasteiger partial charge on any atom is 0.332 e. The van der Waals surface area contributed by atoms with Crippen LogP contribution < -0.4 is 0 Å². The highest BCUT2D eigenvalue weighted by molar-refractivity contribution is 6.84. The van der Waals surface area contributed by atoms with Gasteiger partial charge in [0.1, 0.15) is 8.07 Å². The molecular weight excluding hydrogens is 336 g/mol. The summed E-state index contributed by atoms with van der Waals surface area (Å²) in [5.74, 6) is -0.135. The highest BCUT2D eigenvalue weighted by atomic mass is 28.3. The van der Waals surface area contributed by atoms with Crippen LogP contribution in [0.5, 0.6) is 0 Å². The molecule has 0 aromatic heterocycles. The smallest absolute Gasteiger partial charge is 0.332 e. The van der Waals surface area contributed by atoms with Crippen molar-refractivity contribution in [3.8, 4) is 0 Å². The van der Waals surface area contributed by atoms with Crippen molar-refractivity contribution in [1.82, 2.24) is 0 Å². The van der Waals surface area contributed by atoms with Crippen LogP contribution in [0.15, 0.2) is 12.2 Å². The van der Waals surface area contributed by atoms with E-state index in [0.717, 1.165) is 22.9 Å². The zero-order valence-electron chi connectivity index (χ0n) is 17.1. The first-order chi connectivity index (χ1) is 12.6. The Hall–Kier alpha value is -0.573. The normalized spacial score (nSPS) is 24.3. The van der Waals surface area contributed by atoms with Gasteiger partial charge in [0.25, 0.3) is 0 Å². The standard InChI is InChI=1S/C23H40O2Si/c1-19(2)23(24)25-18-26(20-12-6-3-7-13-20,21-14-8-4-9-15-21)22-16-10-5-11-17-22/h20-22H,1,3-18H2,2H3. The number of carbonyl (C=O) groups excluding carboxylic acids is 1. The second-order valence-corrected chi connectivity index (χ2v) is 14.4. The maximum atomic E-state index is 12.3. The van der Waals surface area contributed by atoms with Crippen LogP contribution in [0.1, 0.15) is 103 Å². The van der Waals surface area contributed by atoms with Gasteiger partial charge in [0.05, 0.1) is 6.23 Å². The van der Waals surface area contributed by atoms with E-state index < -0.39 is 8.07 Å². The van der Waals surface area contributed by atoms with Crippen molar-refractivity contribution in [2.24, 2.45) is 0 Å². The van der Waals surface area contributed by atoms with Gasteiger partial charge in [-0.25, -0.2) is 4.79 Å². The summed E-state index contributed by atoms with van der Waals surface area (Å²) < 4.78 is 6.05. The quantitative estimate of drug-likeness (QED) is 0.281. The van der Waals surface area contributed by atoms with E-state index in [-0.39, 0.29) is 5.97 Å². The fourth-order valence-electron chi connectivity index (χ4n) is 6.59. The number of esters is 1. The minimum atomic E-state index is -1.69. The maximum absolute atomic E-state index is 12.3. The van der Waals surface area contributed by atoms with E-state index in [1.165, 1.54) is 96.3 Å². The fraction of sp³-hybridized carbons (Fsp3) is 0.870. The molecule has 3 fully saturated rings. The molecule has 2 nitrogen and oxygen atoms in total. The summed E-state index contributed by atoms with van der Waals surface area (Å²) in [6.07, 6.45) is 22.0. The largest absolute Gasteiger partial charge is 0.466 e. The molecule has 3 aliphatic rings. The number of hydrogen-bond acceptors (Lipinski definition) is 2. The first kappa shape index (κ1) is 20.2. The van der Waals surface area contributed by atoms with Crippen molar-refractivity contribution in [2.45, 2.75) is 120 Å². The number of carbonyl (C=O) groups is 1. The number of rotatable bonds is 6. The van der Waals surface area contributed by atoms with Crippen molar-refractivity contribution < 1.29 is 9.53 Å². The Labute approximate surface area is 162 Å². The molecule has 0 bridgehead atoms. The molecule has 0 aromatic rings. The van der Waals surface area contributed by atoms with Crippen LogP contribution in [0.25, 0.3) is 0 Å². The monoisotopic (exact) mass is 376 g/mol. The summed E-state index contributed by atoms with van der Waals surface area (Å²) in [6, 6.07) is 0. The summed E-state index contributed by atoms with van der Waals surface area (Å²) in [6.45, 7) is 5.63. The van der Waals surface area contributed by atoms with Crippen molar-refractivity contribution in [3.05, 3.63) is 12.2 Å². The van der Waals surface area contributed by atoms with E-state index in [2.05, 4.69) is 6.58 Å². The third-order valence-corrected chi connectivity index (χ3v) is 14.8. The van der Waals surface area contributed by atoms with E-state index in [9.17, 15) is 4.79 Å². The van der Waals surface area contributed by atoms with Crippen LogP contribution in [-0.2, 0) is 9.53 Å². The SMILES string of the molecule is C=C(C)C(=O)OC[Si](C1CCCCC1)(C1CCCCC1)C1CCCCC1. The first-order valence-corrected chi connectivity index (χ1v) is 13.9. The molecular formula is C23H40O2Si. The number of hydrogen-bond donors (Lipinski definition) is 0. The van der Waals surface area contributed by atoms with E-state index in [4.69, 9.17) is 4.74 Å². The molecule has 0 aromatic carbocycles. The van der Waals surface area contributed by atoms with Gasteiger partial charge in [-0.15, -0.1) is 0 Å². The topological polar surface area (TPSA) is 26.3 Å². The van der Waals surface area contributed by atoms with Gasteiger partial charge in [-0.3, -0.25) is 0 Å². The highest BCUT2D eigenvalue weighted by Gasteiger charge is 2.53. The molecule has 3 aliphatic carbocycles. The van der Waals surface area contributed by atoms with Crippen LogP contribution >= 0.6 is 0 Å². The van der Waals surface area contributed by atoms with Crippen LogP contribution in [0.2, 0.25) is 16.6 Å². The fourth-order valence-corrected chi connectivity index (χ4v) is 14.1. The van der Waals surface area contributed by atoms with Gasteiger partial charge in [0, 0.05) is 5.57 Å². The Morgan fingerprint density at radius 3 is 1.42 bits per heavy atom. The predicted molar refractivity (Wildman–Crippen MR) is 112 cm³/mol. The second kappa shape index (κ2) is 9.57. The summed E-state index contributed by atoms with van der Waals surface area (Å²) in [5, 5.41) is 0. The average Bonchev–Trinajstić information content (AvgIpc) is 2.70. The molecule has 148 valence electrons. The van der Waals surface area contributed by atoms with Gasteiger partial charge in [-0.2, -0.15) is 0 Å². The van der Waals surface area contributed by atoms with Crippen molar-refractivity contribution >= 4 is 14.0 Å². The molecule has 0 amide bonds. The zero-order valence-corrected chi connectivity index (χ0v) is 18.1. The summed E-state index contributed by atoms with van der Waals surface area (Å²) in [7, 11) is -1.69. The summed E-state index contributed by atoms with van der Waals surface area (Å²) in [4.78, 5) is 12.3. The van der Waals surface area contributed by atoms with Crippen LogP contribution in [0.4, 0.5) is 0 Å². The van der Waals surface area contributed by atoms with Gasteiger partial charge in [-0.1, -0.05) is 103 Å². The average molecular weight is 377 g/mol. The molecule has 0 unspecified atom stereocenters. The Morgan fingerprint density at radius 1 is 0.769 bits per heavy atom. The lowest BCUT2D eigenvalue weighted by Gasteiger charge is -2.52. The first-order valence-electron chi connectivity index (χ1n) is 11.5. The van der Waals surface area contributed by atoms with Crippen LogP contribution in [-0.4, -0.2) is 20.3 Å². The molecule has 0 spiro atoms. The molecule has 0 aliphatic heterocycles. The molecule has 0 N–H and O–H groups in total. The van der Waals surface area contributed by atoms with Crippen molar-refractivity contribution in [2.75, 3.05) is 6.23 Å². The molecule has 3 rings (SSSR count). The van der Waals surface area contributed by atoms with E-state index in [1.807, 2.05) is 0 Å². The minimum Gasteiger partial charge on any atom is -0.466 e. The lowest BCUT2D eigenvalue weighted by molar-refractivity contribution is -0.137. The molecule has 3 heteroatoms. The van der Waals surface area contributed by atoms with Gasteiger partial charge in [-0.05, 0) is 23.5 Å². The van der Waals surface area contributed by atoms with Crippen LogP contribution in [0.3, 0.4) is 0 Å². The lowest BCUT2D eigenvalue weighted by atomic mass is 9.98. The van der Waals surface area contributed by atoms with E-state index >= 15 is 0 Å². The molecule has 3 saturated carbocycles. The summed E-state index contributed by atoms with van der Waals surface area (Å²) in [5.41, 5.74) is 3.28. The molecule has 0 atom stereocenters. The third-order valence-electron chi connectivity index (χ3n) is 7.90. The zero-order chi connectivity index (χ0) is 18.4. The van der Waals surface area contributed by atoms with Crippen molar-refractivity contribution in [1.29, 1.82) is 0 Å². The number of ether oxygens (including phenoxy) is 1. The lowest BCUT2D eigenvalue weighted by Crippen LogP contribution is -2.55. The molecule has 0 radical (unpaired) electrons. The second-order valence-electron chi connectivity index (χ2n) is 9.47. The third kappa shape index (κ3) is 4.46. The molecule has 0 heterocycles.